The summed E-state index contributed by atoms with van der Waals surface area (Å²) >= 11 is 0. The van der Waals surface area contributed by atoms with Gasteiger partial charge in [0.2, 0.25) is 11.8 Å². The van der Waals surface area contributed by atoms with Crippen LogP contribution in [0.5, 0.6) is 0 Å². The molecule has 3 rings (SSSR count). The van der Waals surface area contributed by atoms with Crippen LogP contribution in [0.15, 0.2) is 24.3 Å². The third kappa shape index (κ3) is 4.80. The highest BCUT2D eigenvalue weighted by molar-refractivity contribution is 5.95. The molecular formula is C17H23ClN6O2. The van der Waals surface area contributed by atoms with Crippen molar-refractivity contribution >= 4 is 29.9 Å². The number of aromatic nitrogens is 3. The first-order chi connectivity index (χ1) is 12.2. The third-order valence-electron chi connectivity index (χ3n) is 4.15. The monoisotopic (exact) mass is 378 g/mol. The Morgan fingerprint density at radius 3 is 2.81 bits per heavy atom. The summed E-state index contributed by atoms with van der Waals surface area (Å²) in [6.45, 7) is 0.667. The number of aryl methyl sites for hydroxylation is 1. The molecule has 0 bridgehead atoms. The van der Waals surface area contributed by atoms with Crippen LogP contribution in [0.3, 0.4) is 0 Å². The molecule has 0 saturated heterocycles. The molecule has 1 aromatic heterocycles. The summed E-state index contributed by atoms with van der Waals surface area (Å²) in [4.78, 5) is 23.0. The van der Waals surface area contributed by atoms with E-state index in [0.717, 1.165) is 43.0 Å². The summed E-state index contributed by atoms with van der Waals surface area (Å²) in [5.41, 5.74) is 6.75. The number of nitrogens with zero attached hydrogens (tertiary/aromatic N) is 3. The lowest BCUT2D eigenvalue weighted by molar-refractivity contribution is -0.123. The minimum atomic E-state index is -0.366. The van der Waals surface area contributed by atoms with E-state index in [9.17, 15) is 9.59 Å². The quantitative estimate of drug-likeness (QED) is 0.720. The fourth-order valence-corrected chi connectivity index (χ4v) is 2.89. The van der Waals surface area contributed by atoms with Gasteiger partial charge in [0, 0.05) is 24.2 Å². The minimum Gasteiger partial charge on any atom is -0.346 e. The van der Waals surface area contributed by atoms with Gasteiger partial charge < -0.3 is 20.9 Å². The van der Waals surface area contributed by atoms with Gasteiger partial charge >= 0.3 is 0 Å². The summed E-state index contributed by atoms with van der Waals surface area (Å²) in [6.07, 6.45) is 4.41. The summed E-state index contributed by atoms with van der Waals surface area (Å²) < 4.78 is 2.16. The average molecular weight is 379 g/mol. The number of hydrogen-bond acceptors (Lipinski definition) is 5. The molecule has 2 amide bonds. The van der Waals surface area contributed by atoms with E-state index in [0.29, 0.717) is 5.69 Å². The maximum Gasteiger partial charge on any atom is 0.243 e. The molecule has 0 fully saturated rings. The fourth-order valence-electron chi connectivity index (χ4n) is 2.89. The first-order valence-electron chi connectivity index (χ1n) is 8.46. The van der Waals surface area contributed by atoms with E-state index in [4.69, 9.17) is 5.73 Å². The normalized spacial score (nSPS) is 13.1. The number of hydrogen-bond donors (Lipinski definition) is 3. The maximum atomic E-state index is 11.9. The van der Waals surface area contributed by atoms with Crippen LogP contribution in [0.25, 0.3) is 11.4 Å². The predicted molar refractivity (Wildman–Crippen MR) is 101 cm³/mol. The number of carbonyl (C=O) groups excluding carboxylic acids is 2. The number of carbonyl (C=O) groups is 2. The molecule has 2 aromatic rings. The number of nitrogens with one attached hydrogen (secondary N) is 2. The molecule has 26 heavy (non-hydrogen) atoms. The fraction of sp³-hybridized carbons (Fsp3) is 0.412. The van der Waals surface area contributed by atoms with Crippen LogP contribution in [-0.4, -0.2) is 39.7 Å². The van der Waals surface area contributed by atoms with Crippen LogP contribution in [0.4, 0.5) is 5.69 Å². The van der Waals surface area contributed by atoms with Crippen molar-refractivity contribution in [2.75, 3.05) is 18.4 Å². The largest absolute Gasteiger partial charge is 0.346 e. The average Bonchev–Trinajstić information content (AvgIpc) is 2.88. The molecule has 0 aliphatic carbocycles. The summed E-state index contributed by atoms with van der Waals surface area (Å²) in [6, 6.07) is 7.48. The van der Waals surface area contributed by atoms with Crippen molar-refractivity contribution in [3.63, 3.8) is 0 Å². The van der Waals surface area contributed by atoms with Crippen molar-refractivity contribution in [3.8, 4) is 11.4 Å². The first kappa shape index (κ1) is 19.9. The molecule has 1 aromatic carbocycles. The Kier molecular flexibility index (Phi) is 7.11. The molecule has 2 heterocycles. The van der Waals surface area contributed by atoms with Gasteiger partial charge in [-0.25, -0.2) is 0 Å². The minimum absolute atomic E-state index is 0. The van der Waals surface area contributed by atoms with Gasteiger partial charge in [0.1, 0.15) is 5.82 Å². The van der Waals surface area contributed by atoms with Crippen molar-refractivity contribution in [1.82, 2.24) is 20.1 Å². The zero-order chi connectivity index (χ0) is 17.6. The molecule has 0 saturated carbocycles. The Hall–Kier alpha value is -2.45. The van der Waals surface area contributed by atoms with Gasteiger partial charge in [0.05, 0.1) is 13.1 Å². The number of benzene rings is 1. The highest BCUT2D eigenvalue weighted by Crippen LogP contribution is 2.24. The predicted octanol–water partition coefficient (Wildman–Crippen LogP) is 1.11. The third-order valence-corrected chi connectivity index (χ3v) is 4.15. The molecule has 9 heteroatoms. The smallest absolute Gasteiger partial charge is 0.243 e. The number of rotatable bonds is 5. The van der Waals surface area contributed by atoms with Crippen LogP contribution in [0, 0.1) is 0 Å². The Morgan fingerprint density at radius 1 is 1.15 bits per heavy atom. The van der Waals surface area contributed by atoms with E-state index < -0.39 is 0 Å². The lowest BCUT2D eigenvalue weighted by atomic mass is 10.2. The van der Waals surface area contributed by atoms with Crippen molar-refractivity contribution in [2.45, 2.75) is 32.2 Å². The number of halogens is 1. The van der Waals surface area contributed by atoms with E-state index in [2.05, 4.69) is 25.4 Å². The van der Waals surface area contributed by atoms with Crippen molar-refractivity contribution < 1.29 is 9.59 Å². The second-order valence-corrected chi connectivity index (χ2v) is 6.01. The Bertz CT molecular complexity index is 776. The highest BCUT2D eigenvalue weighted by Gasteiger charge is 2.16. The Morgan fingerprint density at radius 2 is 2.00 bits per heavy atom. The van der Waals surface area contributed by atoms with Crippen LogP contribution >= 0.6 is 12.4 Å². The first-order valence-corrected chi connectivity index (χ1v) is 8.46. The summed E-state index contributed by atoms with van der Waals surface area (Å²) in [5.74, 6) is 1.17. The second kappa shape index (κ2) is 9.30. The standard InChI is InChI=1S/C17H22N6O2.ClH/c18-10-15(24)19-11-16(25)20-13-6-4-5-12(9-13)17-22-21-14-7-2-1-3-8-23(14)17;/h4-6,9H,1-3,7-8,10-11,18H2,(H,19,24)(H,20,25);1H. The molecule has 1 aliphatic heterocycles. The highest BCUT2D eigenvalue weighted by atomic mass is 35.5. The molecule has 0 radical (unpaired) electrons. The van der Waals surface area contributed by atoms with Crippen LogP contribution in [-0.2, 0) is 22.6 Å². The van der Waals surface area contributed by atoms with Gasteiger partial charge in [-0.3, -0.25) is 9.59 Å². The lowest BCUT2D eigenvalue weighted by Crippen LogP contribution is -2.36. The van der Waals surface area contributed by atoms with E-state index in [1.165, 1.54) is 6.42 Å². The van der Waals surface area contributed by atoms with Crippen LogP contribution in [0.1, 0.15) is 25.1 Å². The second-order valence-electron chi connectivity index (χ2n) is 6.01. The molecule has 1 aliphatic rings. The van der Waals surface area contributed by atoms with Crippen molar-refractivity contribution in [2.24, 2.45) is 5.73 Å². The van der Waals surface area contributed by atoms with E-state index in [1.807, 2.05) is 18.2 Å². The van der Waals surface area contributed by atoms with Gasteiger partial charge in [-0.2, -0.15) is 0 Å². The van der Waals surface area contributed by atoms with Gasteiger partial charge in [-0.1, -0.05) is 18.6 Å². The SMILES string of the molecule is Cl.NCC(=O)NCC(=O)Nc1cccc(-c2nnc3n2CCCCC3)c1. The Labute approximate surface area is 158 Å². The summed E-state index contributed by atoms with van der Waals surface area (Å²) in [5, 5.41) is 13.8. The number of nitrogens with two attached hydrogens (primary N) is 1. The molecule has 140 valence electrons. The van der Waals surface area contributed by atoms with Gasteiger partial charge in [-0.15, -0.1) is 22.6 Å². The number of fused-ring (bicyclic) bond motifs is 1. The molecule has 0 unspecified atom stereocenters. The molecule has 4 N–H and O–H groups in total. The molecule has 0 spiro atoms. The van der Waals surface area contributed by atoms with Gasteiger partial charge in [0.15, 0.2) is 5.82 Å². The van der Waals surface area contributed by atoms with Crippen molar-refractivity contribution in [1.29, 1.82) is 0 Å². The zero-order valence-electron chi connectivity index (χ0n) is 14.4. The Balaban J connectivity index is 0.00000243. The maximum absolute atomic E-state index is 11.9. The molecule has 8 nitrogen and oxygen atoms in total. The molecular weight excluding hydrogens is 356 g/mol. The zero-order valence-corrected chi connectivity index (χ0v) is 15.2. The molecule has 0 atom stereocenters. The van der Waals surface area contributed by atoms with E-state index in [1.54, 1.807) is 6.07 Å². The number of anilines is 1. The van der Waals surface area contributed by atoms with Crippen LogP contribution < -0.4 is 16.4 Å². The van der Waals surface area contributed by atoms with Crippen molar-refractivity contribution in [3.05, 3.63) is 30.1 Å². The van der Waals surface area contributed by atoms with Gasteiger partial charge in [0.25, 0.3) is 0 Å². The van der Waals surface area contributed by atoms with E-state index in [-0.39, 0.29) is 37.3 Å². The van der Waals surface area contributed by atoms with E-state index >= 15 is 0 Å². The number of amides is 2. The van der Waals surface area contributed by atoms with Gasteiger partial charge in [-0.05, 0) is 25.0 Å². The lowest BCUT2D eigenvalue weighted by Gasteiger charge is -2.10. The topological polar surface area (TPSA) is 115 Å². The van der Waals surface area contributed by atoms with Crippen LogP contribution in [0.2, 0.25) is 0 Å². The summed E-state index contributed by atoms with van der Waals surface area (Å²) in [7, 11) is 0.